The Labute approximate surface area is 169 Å². The molecule has 156 valence electrons. The molecular weight excluding hydrogens is 394 g/mol. The number of amides is 4. The predicted molar refractivity (Wildman–Crippen MR) is 106 cm³/mol. The van der Waals surface area contributed by atoms with E-state index in [0.717, 1.165) is 24.2 Å². The first-order valence-corrected chi connectivity index (χ1v) is 11.6. The number of benzene rings is 1. The predicted octanol–water partition coefficient (Wildman–Crippen LogP) is 0.636. The van der Waals surface area contributed by atoms with Gasteiger partial charge >= 0.3 is 6.03 Å². The summed E-state index contributed by atoms with van der Waals surface area (Å²) in [5.41, 5.74) is 1.06. The molecule has 2 fully saturated rings. The van der Waals surface area contributed by atoms with E-state index in [-0.39, 0.29) is 11.5 Å². The van der Waals surface area contributed by atoms with E-state index in [1.165, 1.54) is 11.1 Å². The zero-order chi connectivity index (χ0) is 21.0. The van der Waals surface area contributed by atoms with Gasteiger partial charge in [-0.3, -0.25) is 14.5 Å². The lowest BCUT2D eigenvalue weighted by atomic mass is 9.89. The summed E-state index contributed by atoms with van der Waals surface area (Å²) in [6.45, 7) is 2.86. The standard InChI is InChI=1S/C20H25N3O5S/c1-19(8-9-29(27,28)12-19)21-16(24)11-23-17(25)20(2,22-18(23)26)15-7-6-13-4-3-5-14(13)10-15/h6-7,10H,3-5,8-9,11-12H2,1-2H3,(H,21,24)(H,22,26)/t19-,20+/m0/s1. The van der Waals surface area contributed by atoms with Gasteiger partial charge in [-0.25, -0.2) is 13.2 Å². The minimum absolute atomic E-state index is 0.0172. The third-order valence-electron chi connectivity index (χ3n) is 6.20. The van der Waals surface area contributed by atoms with Crippen molar-refractivity contribution in [3.63, 3.8) is 0 Å². The van der Waals surface area contributed by atoms with Crippen LogP contribution in [0.4, 0.5) is 4.79 Å². The molecule has 0 spiro atoms. The SMILES string of the molecule is C[C@]1(NC(=O)CN2C(=O)N[C@](C)(c3ccc4c(c3)CCC4)C2=O)CCS(=O)(=O)C1. The molecule has 0 unspecified atom stereocenters. The lowest BCUT2D eigenvalue weighted by Crippen LogP contribution is -2.51. The lowest BCUT2D eigenvalue weighted by Gasteiger charge is -2.26. The van der Waals surface area contributed by atoms with Crippen molar-refractivity contribution in [1.29, 1.82) is 0 Å². The van der Waals surface area contributed by atoms with Gasteiger partial charge in [0.05, 0.1) is 17.0 Å². The highest BCUT2D eigenvalue weighted by molar-refractivity contribution is 7.91. The first kappa shape index (κ1) is 19.9. The monoisotopic (exact) mass is 419 g/mol. The van der Waals surface area contributed by atoms with Gasteiger partial charge in [0.15, 0.2) is 9.84 Å². The molecule has 29 heavy (non-hydrogen) atoms. The van der Waals surface area contributed by atoms with E-state index < -0.39 is 45.3 Å². The quantitative estimate of drug-likeness (QED) is 0.696. The molecule has 2 heterocycles. The van der Waals surface area contributed by atoms with Crippen LogP contribution in [-0.2, 0) is 37.8 Å². The summed E-state index contributed by atoms with van der Waals surface area (Å²) in [5, 5.41) is 5.41. The maximum atomic E-state index is 13.1. The smallest absolute Gasteiger partial charge is 0.325 e. The fraction of sp³-hybridized carbons (Fsp3) is 0.550. The van der Waals surface area contributed by atoms with Gasteiger partial charge in [0.2, 0.25) is 5.91 Å². The van der Waals surface area contributed by atoms with Crippen molar-refractivity contribution in [3.05, 3.63) is 34.9 Å². The van der Waals surface area contributed by atoms with E-state index in [2.05, 4.69) is 10.6 Å². The largest absolute Gasteiger partial charge is 0.348 e. The van der Waals surface area contributed by atoms with E-state index in [0.29, 0.717) is 12.0 Å². The molecule has 0 aromatic heterocycles. The Kier molecular flexibility index (Phi) is 4.49. The van der Waals surface area contributed by atoms with E-state index in [1.54, 1.807) is 13.8 Å². The van der Waals surface area contributed by atoms with E-state index in [4.69, 9.17) is 0 Å². The Morgan fingerprint density at radius 2 is 1.93 bits per heavy atom. The maximum absolute atomic E-state index is 13.1. The molecule has 9 heteroatoms. The molecule has 2 atom stereocenters. The molecule has 3 aliphatic rings. The van der Waals surface area contributed by atoms with Crippen molar-refractivity contribution in [2.75, 3.05) is 18.1 Å². The number of urea groups is 1. The number of carbonyl (C=O) groups excluding carboxylic acids is 3. The summed E-state index contributed by atoms with van der Waals surface area (Å²) in [5.74, 6) is -1.16. The van der Waals surface area contributed by atoms with Crippen LogP contribution in [-0.4, -0.2) is 54.8 Å². The minimum Gasteiger partial charge on any atom is -0.348 e. The van der Waals surface area contributed by atoms with Gasteiger partial charge in [-0.2, -0.15) is 0 Å². The van der Waals surface area contributed by atoms with Crippen molar-refractivity contribution in [1.82, 2.24) is 15.5 Å². The Morgan fingerprint density at radius 3 is 2.62 bits per heavy atom. The Hall–Kier alpha value is -2.42. The first-order chi connectivity index (χ1) is 13.5. The molecule has 8 nitrogen and oxygen atoms in total. The van der Waals surface area contributed by atoms with E-state index in [1.807, 2.05) is 18.2 Å². The zero-order valence-electron chi connectivity index (χ0n) is 16.6. The molecule has 0 radical (unpaired) electrons. The van der Waals surface area contributed by atoms with Crippen molar-refractivity contribution in [2.45, 2.75) is 50.6 Å². The fourth-order valence-corrected chi connectivity index (χ4v) is 6.64. The van der Waals surface area contributed by atoms with Gasteiger partial charge in [0.1, 0.15) is 12.1 Å². The molecule has 1 aliphatic carbocycles. The molecule has 2 N–H and O–H groups in total. The molecular formula is C20H25N3O5S. The number of hydrogen-bond donors (Lipinski definition) is 2. The van der Waals surface area contributed by atoms with Gasteiger partial charge in [0, 0.05) is 0 Å². The van der Waals surface area contributed by atoms with Crippen LogP contribution in [0.2, 0.25) is 0 Å². The number of fused-ring (bicyclic) bond motifs is 1. The molecule has 1 aromatic carbocycles. The Morgan fingerprint density at radius 1 is 1.21 bits per heavy atom. The third kappa shape index (κ3) is 3.52. The van der Waals surface area contributed by atoms with Crippen LogP contribution in [0.1, 0.15) is 43.4 Å². The summed E-state index contributed by atoms with van der Waals surface area (Å²) < 4.78 is 23.4. The number of hydrogen-bond acceptors (Lipinski definition) is 5. The Bertz CT molecular complexity index is 1020. The summed E-state index contributed by atoms with van der Waals surface area (Å²) in [6, 6.07) is 5.20. The number of nitrogens with zero attached hydrogens (tertiary/aromatic N) is 1. The van der Waals surface area contributed by atoms with Crippen LogP contribution < -0.4 is 10.6 Å². The van der Waals surface area contributed by atoms with Crippen LogP contribution in [0, 0.1) is 0 Å². The molecule has 2 aliphatic heterocycles. The molecule has 0 saturated carbocycles. The van der Waals surface area contributed by atoms with Crippen LogP contribution >= 0.6 is 0 Å². The number of sulfone groups is 1. The second-order valence-corrected chi connectivity index (χ2v) is 10.9. The van der Waals surface area contributed by atoms with Crippen LogP contribution in [0.3, 0.4) is 0 Å². The minimum atomic E-state index is -3.18. The number of nitrogens with one attached hydrogen (secondary N) is 2. The molecule has 2 saturated heterocycles. The van der Waals surface area contributed by atoms with Crippen LogP contribution in [0.5, 0.6) is 0 Å². The second-order valence-electron chi connectivity index (χ2n) is 8.73. The highest BCUT2D eigenvalue weighted by atomic mass is 32.2. The fourth-order valence-electron chi connectivity index (χ4n) is 4.55. The average molecular weight is 420 g/mol. The van der Waals surface area contributed by atoms with E-state index in [9.17, 15) is 22.8 Å². The first-order valence-electron chi connectivity index (χ1n) is 9.79. The number of carbonyl (C=O) groups is 3. The number of aryl methyl sites for hydroxylation is 2. The Balaban J connectivity index is 1.49. The third-order valence-corrected chi connectivity index (χ3v) is 8.10. The molecule has 4 amide bonds. The number of imide groups is 1. The lowest BCUT2D eigenvalue weighted by molar-refractivity contribution is -0.135. The highest BCUT2D eigenvalue weighted by Crippen LogP contribution is 2.32. The van der Waals surface area contributed by atoms with Gasteiger partial charge < -0.3 is 10.6 Å². The van der Waals surface area contributed by atoms with E-state index >= 15 is 0 Å². The average Bonchev–Trinajstić information content (AvgIpc) is 3.26. The zero-order valence-corrected chi connectivity index (χ0v) is 17.4. The van der Waals surface area contributed by atoms with Crippen molar-refractivity contribution in [3.8, 4) is 0 Å². The van der Waals surface area contributed by atoms with Crippen molar-refractivity contribution >= 4 is 27.7 Å². The van der Waals surface area contributed by atoms with Crippen LogP contribution in [0.15, 0.2) is 18.2 Å². The second kappa shape index (κ2) is 6.55. The molecule has 0 bridgehead atoms. The summed E-state index contributed by atoms with van der Waals surface area (Å²) in [7, 11) is -3.18. The highest BCUT2D eigenvalue weighted by Gasteiger charge is 2.50. The van der Waals surface area contributed by atoms with Crippen LogP contribution in [0.25, 0.3) is 0 Å². The normalized spacial score (nSPS) is 30.3. The molecule has 1 aromatic rings. The summed E-state index contributed by atoms with van der Waals surface area (Å²) in [4.78, 5) is 38.9. The van der Waals surface area contributed by atoms with Crippen molar-refractivity contribution in [2.24, 2.45) is 0 Å². The summed E-state index contributed by atoms with van der Waals surface area (Å²) >= 11 is 0. The van der Waals surface area contributed by atoms with Gasteiger partial charge in [-0.05, 0) is 56.2 Å². The molecule has 4 rings (SSSR count). The van der Waals surface area contributed by atoms with Gasteiger partial charge in [-0.15, -0.1) is 0 Å². The van der Waals surface area contributed by atoms with Gasteiger partial charge in [0.25, 0.3) is 5.91 Å². The van der Waals surface area contributed by atoms with Crippen molar-refractivity contribution < 1.29 is 22.8 Å². The number of rotatable bonds is 4. The topological polar surface area (TPSA) is 113 Å². The summed E-state index contributed by atoms with van der Waals surface area (Å²) in [6.07, 6.45) is 3.37. The maximum Gasteiger partial charge on any atom is 0.325 e. The van der Waals surface area contributed by atoms with Gasteiger partial charge in [-0.1, -0.05) is 18.2 Å².